The molecule has 0 unspecified atom stereocenters. The van der Waals surface area contributed by atoms with Crippen LogP contribution in [0.3, 0.4) is 0 Å². The monoisotopic (exact) mass is 257 g/mol. The van der Waals surface area contributed by atoms with E-state index in [0.29, 0.717) is 6.04 Å². The molecule has 13 heavy (non-hydrogen) atoms. The fourth-order valence-electron chi connectivity index (χ4n) is 1.43. The minimum atomic E-state index is 0.672. The minimum Gasteiger partial charge on any atom is -0.381 e. The second kappa shape index (κ2) is 4.38. The number of hydrogen-bond donors (Lipinski definition) is 1. The highest BCUT2D eigenvalue weighted by Gasteiger charge is 2.14. The molecule has 1 aromatic carbocycles. The topological polar surface area (TPSA) is 12.0 Å². The second-order valence-electron chi connectivity index (χ2n) is 3.21. The van der Waals surface area contributed by atoms with Crippen LogP contribution in [0.1, 0.15) is 6.42 Å². The van der Waals surface area contributed by atoms with Gasteiger partial charge < -0.3 is 5.32 Å². The molecule has 0 amide bonds. The van der Waals surface area contributed by atoms with E-state index >= 15 is 0 Å². The molecule has 0 aromatic heterocycles. The molecule has 1 nitrogen and oxygen atoms in total. The smallest absolute Gasteiger partial charge is 0.0359 e. The Hall–Kier alpha value is -0.150. The second-order valence-corrected chi connectivity index (χ2v) is 5.28. The molecule has 0 bridgehead atoms. The maximum absolute atomic E-state index is 3.53. The summed E-state index contributed by atoms with van der Waals surface area (Å²) in [7, 11) is 0. The third-order valence-electron chi connectivity index (χ3n) is 2.14. The van der Waals surface area contributed by atoms with Crippen LogP contribution in [0.25, 0.3) is 0 Å². The molecular weight excluding hydrogens is 246 g/mol. The Morgan fingerprint density at radius 3 is 2.69 bits per heavy atom. The lowest BCUT2D eigenvalue weighted by molar-refractivity contribution is 0.813. The summed E-state index contributed by atoms with van der Waals surface area (Å²) in [5, 5.41) is 3.53. The van der Waals surface area contributed by atoms with E-state index < -0.39 is 0 Å². The van der Waals surface area contributed by atoms with Crippen LogP contribution in [-0.2, 0) is 0 Å². The molecule has 1 aromatic rings. The van der Waals surface area contributed by atoms with Gasteiger partial charge in [0.2, 0.25) is 0 Å². The van der Waals surface area contributed by atoms with E-state index in [0.717, 1.165) is 4.47 Å². The van der Waals surface area contributed by atoms with E-state index in [-0.39, 0.29) is 0 Å². The Bertz CT molecular complexity index is 267. The molecule has 3 heteroatoms. The lowest BCUT2D eigenvalue weighted by atomic mass is 10.2. The lowest BCUT2D eigenvalue weighted by Crippen LogP contribution is -2.17. The van der Waals surface area contributed by atoms with Gasteiger partial charge in [0.05, 0.1) is 0 Å². The molecular formula is C10H12BrNS. The molecule has 1 saturated heterocycles. The molecule has 1 N–H and O–H groups in total. The van der Waals surface area contributed by atoms with Gasteiger partial charge in [0, 0.05) is 22.0 Å². The fraction of sp³-hybridized carbons (Fsp3) is 0.400. The average molecular weight is 258 g/mol. The van der Waals surface area contributed by atoms with Crippen LogP contribution in [0.5, 0.6) is 0 Å². The Balaban J connectivity index is 1.97. The first-order chi connectivity index (χ1) is 6.34. The van der Waals surface area contributed by atoms with Crippen molar-refractivity contribution >= 4 is 33.4 Å². The fourth-order valence-corrected chi connectivity index (χ4v) is 2.85. The van der Waals surface area contributed by atoms with Crippen LogP contribution in [0.4, 0.5) is 5.69 Å². The number of thioether (sulfide) groups is 1. The molecule has 1 aliphatic rings. The van der Waals surface area contributed by atoms with E-state index in [1.807, 2.05) is 11.8 Å². The van der Waals surface area contributed by atoms with Crippen molar-refractivity contribution in [2.45, 2.75) is 12.5 Å². The molecule has 1 fully saturated rings. The minimum absolute atomic E-state index is 0.672. The normalized spacial score (nSPS) is 21.8. The van der Waals surface area contributed by atoms with Gasteiger partial charge in [0.15, 0.2) is 0 Å². The number of nitrogens with one attached hydrogen (secondary N) is 1. The van der Waals surface area contributed by atoms with Crippen LogP contribution in [0.2, 0.25) is 0 Å². The zero-order valence-corrected chi connectivity index (χ0v) is 9.70. The average Bonchev–Trinajstić information content (AvgIpc) is 2.62. The van der Waals surface area contributed by atoms with Gasteiger partial charge in [-0.25, -0.2) is 0 Å². The molecule has 0 spiro atoms. The Morgan fingerprint density at radius 1 is 1.31 bits per heavy atom. The molecule has 0 aliphatic carbocycles. The Labute approximate surface area is 91.4 Å². The first kappa shape index (κ1) is 9.41. The van der Waals surface area contributed by atoms with Crippen LogP contribution < -0.4 is 5.32 Å². The summed E-state index contributed by atoms with van der Waals surface area (Å²) in [6.07, 6.45) is 1.29. The van der Waals surface area contributed by atoms with Crippen molar-refractivity contribution in [1.29, 1.82) is 0 Å². The van der Waals surface area contributed by atoms with Crippen molar-refractivity contribution in [3.05, 3.63) is 28.7 Å². The van der Waals surface area contributed by atoms with E-state index in [2.05, 4.69) is 45.5 Å². The van der Waals surface area contributed by atoms with Gasteiger partial charge in [-0.2, -0.15) is 11.8 Å². The van der Waals surface area contributed by atoms with Crippen molar-refractivity contribution < 1.29 is 0 Å². The summed E-state index contributed by atoms with van der Waals surface area (Å²) >= 11 is 5.46. The van der Waals surface area contributed by atoms with Crippen LogP contribution in [-0.4, -0.2) is 17.5 Å². The van der Waals surface area contributed by atoms with Gasteiger partial charge in [-0.1, -0.05) is 15.9 Å². The van der Waals surface area contributed by atoms with Gasteiger partial charge in [-0.05, 0) is 36.4 Å². The van der Waals surface area contributed by atoms with Crippen LogP contribution in [0.15, 0.2) is 28.7 Å². The predicted octanol–water partition coefficient (Wildman–Crippen LogP) is 3.37. The molecule has 0 saturated carbocycles. The highest BCUT2D eigenvalue weighted by molar-refractivity contribution is 9.10. The SMILES string of the molecule is Brc1ccc(N[C@H]2CCSC2)cc1. The highest BCUT2D eigenvalue weighted by atomic mass is 79.9. The summed E-state index contributed by atoms with van der Waals surface area (Å²) in [6.45, 7) is 0. The molecule has 0 radical (unpaired) electrons. The Morgan fingerprint density at radius 2 is 2.08 bits per heavy atom. The van der Waals surface area contributed by atoms with Crippen LogP contribution in [0, 0.1) is 0 Å². The summed E-state index contributed by atoms with van der Waals surface area (Å²) in [6, 6.07) is 9.06. The predicted molar refractivity (Wildman–Crippen MR) is 63.5 cm³/mol. The van der Waals surface area contributed by atoms with E-state index in [4.69, 9.17) is 0 Å². The third-order valence-corrected chi connectivity index (χ3v) is 3.84. The van der Waals surface area contributed by atoms with Gasteiger partial charge >= 0.3 is 0 Å². The van der Waals surface area contributed by atoms with Gasteiger partial charge in [-0.3, -0.25) is 0 Å². The number of rotatable bonds is 2. The maximum atomic E-state index is 3.53. The zero-order valence-electron chi connectivity index (χ0n) is 7.29. The number of anilines is 1. The maximum Gasteiger partial charge on any atom is 0.0359 e. The summed E-state index contributed by atoms with van der Waals surface area (Å²) in [4.78, 5) is 0. The summed E-state index contributed by atoms with van der Waals surface area (Å²) in [5.74, 6) is 2.55. The van der Waals surface area contributed by atoms with Crippen molar-refractivity contribution in [2.75, 3.05) is 16.8 Å². The molecule has 2 rings (SSSR count). The van der Waals surface area contributed by atoms with Crippen LogP contribution >= 0.6 is 27.7 Å². The van der Waals surface area contributed by atoms with E-state index in [1.165, 1.54) is 23.6 Å². The number of hydrogen-bond acceptors (Lipinski definition) is 2. The highest BCUT2D eigenvalue weighted by Crippen LogP contribution is 2.22. The largest absolute Gasteiger partial charge is 0.381 e. The summed E-state index contributed by atoms with van der Waals surface area (Å²) in [5.41, 5.74) is 1.23. The first-order valence-electron chi connectivity index (χ1n) is 4.44. The molecule has 1 aliphatic heterocycles. The molecule has 70 valence electrons. The quantitative estimate of drug-likeness (QED) is 0.872. The first-order valence-corrected chi connectivity index (χ1v) is 6.39. The van der Waals surface area contributed by atoms with E-state index in [9.17, 15) is 0 Å². The molecule has 1 heterocycles. The van der Waals surface area contributed by atoms with Gasteiger partial charge in [0.1, 0.15) is 0 Å². The number of benzene rings is 1. The van der Waals surface area contributed by atoms with Crippen molar-refractivity contribution in [3.63, 3.8) is 0 Å². The zero-order chi connectivity index (χ0) is 9.10. The Kier molecular flexibility index (Phi) is 3.17. The number of halogens is 1. The van der Waals surface area contributed by atoms with Crippen molar-refractivity contribution in [2.24, 2.45) is 0 Å². The van der Waals surface area contributed by atoms with E-state index in [1.54, 1.807) is 0 Å². The third kappa shape index (κ3) is 2.64. The van der Waals surface area contributed by atoms with Gasteiger partial charge in [0.25, 0.3) is 0 Å². The van der Waals surface area contributed by atoms with Crippen molar-refractivity contribution in [1.82, 2.24) is 0 Å². The van der Waals surface area contributed by atoms with Crippen molar-refractivity contribution in [3.8, 4) is 0 Å². The summed E-state index contributed by atoms with van der Waals surface area (Å²) < 4.78 is 1.14. The standard InChI is InChI=1S/C10H12BrNS/c11-8-1-3-9(4-2-8)12-10-5-6-13-7-10/h1-4,10,12H,5-7H2/t10-/m0/s1. The molecule has 1 atom stereocenters. The lowest BCUT2D eigenvalue weighted by Gasteiger charge is -2.12. The van der Waals surface area contributed by atoms with Gasteiger partial charge in [-0.15, -0.1) is 0 Å².